The number of hydrogen-bond donors (Lipinski definition) is 1. The number of carboxylic acids is 1. The average Bonchev–Trinajstić information content (AvgIpc) is 2.20. The van der Waals surface area contributed by atoms with Crippen LogP contribution in [0.25, 0.3) is 0 Å². The minimum Gasteiger partial charge on any atom is -0.481 e. The van der Waals surface area contributed by atoms with Gasteiger partial charge in [-0.1, -0.05) is 43.7 Å². The standard InChI is InChI=1S/C14H20O2/c1-10(2)4-9-13(14(15)16)12-7-5-11(3)6-8-12/h5-8,10,13H,4,9H2,1-3H3,(H,15,16). The van der Waals surface area contributed by atoms with E-state index in [0.29, 0.717) is 5.92 Å². The van der Waals surface area contributed by atoms with Gasteiger partial charge in [0.15, 0.2) is 0 Å². The van der Waals surface area contributed by atoms with Gasteiger partial charge in [-0.3, -0.25) is 4.79 Å². The number of aliphatic carboxylic acids is 1. The van der Waals surface area contributed by atoms with E-state index in [4.69, 9.17) is 0 Å². The first kappa shape index (κ1) is 12.8. The minimum atomic E-state index is -0.718. The largest absolute Gasteiger partial charge is 0.481 e. The molecule has 0 aliphatic carbocycles. The summed E-state index contributed by atoms with van der Waals surface area (Å²) in [5, 5.41) is 9.21. The highest BCUT2D eigenvalue weighted by Crippen LogP contribution is 2.24. The maximum atomic E-state index is 11.2. The number of benzene rings is 1. The Kier molecular flexibility index (Phi) is 4.53. The molecular weight excluding hydrogens is 200 g/mol. The lowest BCUT2D eigenvalue weighted by molar-refractivity contribution is -0.139. The lowest BCUT2D eigenvalue weighted by Gasteiger charge is -2.14. The van der Waals surface area contributed by atoms with Gasteiger partial charge >= 0.3 is 5.97 Å². The van der Waals surface area contributed by atoms with Crippen molar-refractivity contribution < 1.29 is 9.90 Å². The van der Waals surface area contributed by atoms with Crippen molar-refractivity contribution in [2.45, 2.75) is 39.5 Å². The lowest BCUT2D eigenvalue weighted by atomic mass is 9.91. The van der Waals surface area contributed by atoms with Gasteiger partial charge in [0.05, 0.1) is 5.92 Å². The van der Waals surface area contributed by atoms with E-state index >= 15 is 0 Å². The van der Waals surface area contributed by atoms with Crippen LogP contribution in [0.4, 0.5) is 0 Å². The van der Waals surface area contributed by atoms with Gasteiger partial charge in [-0.2, -0.15) is 0 Å². The van der Waals surface area contributed by atoms with Crippen molar-refractivity contribution in [3.05, 3.63) is 35.4 Å². The molecule has 1 N–H and O–H groups in total. The number of carboxylic acid groups (broad SMARTS) is 1. The van der Waals surface area contributed by atoms with E-state index in [-0.39, 0.29) is 5.92 Å². The highest BCUT2D eigenvalue weighted by Gasteiger charge is 2.19. The summed E-state index contributed by atoms with van der Waals surface area (Å²) in [4.78, 5) is 11.2. The van der Waals surface area contributed by atoms with Gasteiger partial charge < -0.3 is 5.11 Å². The van der Waals surface area contributed by atoms with E-state index in [2.05, 4.69) is 13.8 Å². The fourth-order valence-corrected chi connectivity index (χ4v) is 1.73. The summed E-state index contributed by atoms with van der Waals surface area (Å²) < 4.78 is 0. The Labute approximate surface area is 97.3 Å². The highest BCUT2D eigenvalue weighted by atomic mass is 16.4. The second-order valence-corrected chi connectivity index (χ2v) is 4.77. The smallest absolute Gasteiger partial charge is 0.310 e. The Morgan fingerprint density at radius 3 is 2.19 bits per heavy atom. The molecule has 2 heteroatoms. The van der Waals surface area contributed by atoms with Gasteiger partial charge in [0.1, 0.15) is 0 Å². The van der Waals surface area contributed by atoms with Crippen LogP contribution in [0.1, 0.15) is 43.7 Å². The molecule has 0 radical (unpaired) electrons. The van der Waals surface area contributed by atoms with Crippen LogP contribution in [0.15, 0.2) is 24.3 Å². The van der Waals surface area contributed by atoms with Crippen molar-refractivity contribution in [2.75, 3.05) is 0 Å². The van der Waals surface area contributed by atoms with Gasteiger partial charge in [0.25, 0.3) is 0 Å². The van der Waals surface area contributed by atoms with E-state index in [0.717, 1.165) is 24.0 Å². The number of aryl methyl sites for hydroxylation is 1. The van der Waals surface area contributed by atoms with E-state index in [1.165, 1.54) is 0 Å². The summed E-state index contributed by atoms with van der Waals surface area (Å²) in [5.41, 5.74) is 2.08. The molecule has 0 saturated carbocycles. The molecule has 1 aromatic carbocycles. The quantitative estimate of drug-likeness (QED) is 0.823. The molecule has 2 nitrogen and oxygen atoms in total. The zero-order chi connectivity index (χ0) is 12.1. The van der Waals surface area contributed by atoms with Crippen LogP contribution in [0, 0.1) is 12.8 Å². The molecule has 0 aliphatic heterocycles. The third kappa shape index (κ3) is 3.69. The van der Waals surface area contributed by atoms with E-state index < -0.39 is 5.97 Å². The van der Waals surface area contributed by atoms with Crippen molar-refractivity contribution >= 4 is 5.97 Å². The molecule has 0 amide bonds. The minimum absolute atomic E-state index is 0.358. The van der Waals surface area contributed by atoms with Crippen molar-refractivity contribution in [3.63, 3.8) is 0 Å². The van der Waals surface area contributed by atoms with Gasteiger partial charge in [0, 0.05) is 0 Å². The fraction of sp³-hybridized carbons (Fsp3) is 0.500. The lowest BCUT2D eigenvalue weighted by Crippen LogP contribution is -2.12. The summed E-state index contributed by atoms with van der Waals surface area (Å²) in [5.74, 6) is -0.528. The van der Waals surface area contributed by atoms with Crippen LogP contribution < -0.4 is 0 Å². The number of carbonyl (C=O) groups is 1. The predicted octanol–water partition coefficient (Wildman–Crippen LogP) is 3.60. The molecule has 0 heterocycles. The van der Waals surface area contributed by atoms with Crippen LogP contribution in [0.2, 0.25) is 0 Å². The first-order chi connectivity index (χ1) is 7.50. The topological polar surface area (TPSA) is 37.3 Å². The second kappa shape index (κ2) is 5.69. The average molecular weight is 220 g/mol. The van der Waals surface area contributed by atoms with E-state index in [1.807, 2.05) is 31.2 Å². The number of rotatable bonds is 5. The monoisotopic (exact) mass is 220 g/mol. The molecular formula is C14H20O2. The molecule has 0 saturated heterocycles. The SMILES string of the molecule is Cc1ccc(C(CCC(C)C)C(=O)O)cc1. The maximum absolute atomic E-state index is 11.2. The molecule has 1 unspecified atom stereocenters. The summed E-state index contributed by atoms with van der Waals surface area (Å²) >= 11 is 0. The molecule has 0 spiro atoms. The molecule has 0 bridgehead atoms. The summed E-state index contributed by atoms with van der Waals surface area (Å²) in [6, 6.07) is 7.80. The Morgan fingerprint density at radius 1 is 1.19 bits per heavy atom. The third-order valence-electron chi connectivity index (χ3n) is 2.81. The van der Waals surface area contributed by atoms with Crippen molar-refractivity contribution in [1.82, 2.24) is 0 Å². The van der Waals surface area contributed by atoms with Crippen LogP contribution in [0.5, 0.6) is 0 Å². The summed E-state index contributed by atoms with van der Waals surface area (Å²) in [7, 11) is 0. The molecule has 1 aromatic rings. The number of hydrogen-bond acceptors (Lipinski definition) is 1. The zero-order valence-electron chi connectivity index (χ0n) is 10.2. The summed E-state index contributed by atoms with van der Waals surface area (Å²) in [6.45, 7) is 6.25. The Bertz CT molecular complexity index is 338. The maximum Gasteiger partial charge on any atom is 0.310 e. The first-order valence-corrected chi connectivity index (χ1v) is 5.80. The molecule has 0 aromatic heterocycles. The van der Waals surface area contributed by atoms with Gasteiger partial charge in [-0.15, -0.1) is 0 Å². The van der Waals surface area contributed by atoms with Gasteiger partial charge in [-0.05, 0) is 31.2 Å². The van der Waals surface area contributed by atoms with Crippen molar-refractivity contribution in [3.8, 4) is 0 Å². The van der Waals surface area contributed by atoms with Crippen molar-refractivity contribution in [1.29, 1.82) is 0 Å². The molecule has 0 aliphatic rings. The molecule has 1 rings (SSSR count). The van der Waals surface area contributed by atoms with Crippen molar-refractivity contribution in [2.24, 2.45) is 5.92 Å². The second-order valence-electron chi connectivity index (χ2n) is 4.77. The van der Waals surface area contributed by atoms with Crippen LogP contribution in [0.3, 0.4) is 0 Å². The van der Waals surface area contributed by atoms with Gasteiger partial charge in [-0.25, -0.2) is 0 Å². The van der Waals surface area contributed by atoms with Crippen LogP contribution >= 0.6 is 0 Å². The normalized spacial score (nSPS) is 12.8. The zero-order valence-corrected chi connectivity index (χ0v) is 10.2. The molecule has 1 atom stereocenters. The Hall–Kier alpha value is -1.31. The van der Waals surface area contributed by atoms with E-state index in [9.17, 15) is 9.90 Å². The fourth-order valence-electron chi connectivity index (χ4n) is 1.73. The van der Waals surface area contributed by atoms with E-state index in [1.54, 1.807) is 0 Å². The third-order valence-corrected chi connectivity index (χ3v) is 2.81. The van der Waals surface area contributed by atoms with Crippen LogP contribution in [-0.2, 0) is 4.79 Å². The highest BCUT2D eigenvalue weighted by molar-refractivity contribution is 5.76. The Balaban J connectivity index is 2.77. The molecule has 16 heavy (non-hydrogen) atoms. The first-order valence-electron chi connectivity index (χ1n) is 5.80. The molecule has 0 fully saturated rings. The summed E-state index contributed by atoms with van der Waals surface area (Å²) in [6.07, 6.45) is 1.67. The van der Waals surface area contributed by atoms with Gasteiger partial charge in [0.2, 0.25) is 0 Å². The predicted molar refractivity (Wildman–Crippen MR) is 65.6 cm³/mol. The molecule has 88 valence electrons. The Morgan fingerprint density at radius 2 is 1.75 bits per heavy atom. The van der Waals surface area contributed by atoms with Crippen LogP contribution in [-0.4, -0.2) is 11.1 Å².